The minimum Gasteiger partial charge on any atom is -0.482 e. The number of carbonyl (C=O) groups excluding carboxylic acids is 3. The van der Waals surface area contributed by atoms with Crippen molar-refractivity contribution in [3.8, 4) is 5.75 Å². The maximum Gasteiger partial charge on any atom is 0.344 e. The highest BCUT2D eigenvalue weighted by atomic mass is 35.5. The van der Waals surface area contributed by atoms with Crippen LogP contribution in [0.2, 0.25) is 5.02 Å². The second kappa shape index (κ2) is 10.7. The number of carbonyl (C=O) groups is 3. The zero-order valence-electron chi connectivity index (χ0n) is 15.3. The standard InChI is InChI=1S/C18H24ClNO6/c1-11(2)7-15(18(23)24-4)20-16(21)9-26-17(22)10-25-13-5-6-14(19)12(3)8-13/h5-6,8,11,15H,7,9-10H2,1-4H3,(H,20,21)/t15-/m1/s1. The van der Waals surface area contributed by atoms with Gasteiger partial charge < -0.3 is 19.5 Å². The van der Waals surface area contributed by atoms with Crippen molar-refractivity contribution in [1.29, 1.82) is 0 Å². The van der Waals surface area contributed by atoms with Crippen LogP contribution in [0.15, 0.2) is 18.2 Å². The van der Waals surface area contributed by atoms with E-state index in [-0.39, 0.29) is 12.5 Å². The molecule has 1 aromatic rings. The van der Waals surface area contributed by atoms with Crippen LogP contribution in [0.5, 0.6) is 5.75 Å². The Morgan fingerprint density at radius 1 is 1.19 bits per heavy atom. The third kappa shape index (κ3) is 7.74. The average Bonchev–Trinajstić information content (AvgIpc) is 2.59. The van der Waals surface area contributed by atoms with E-state index in [1.165, 1.54) is 7.11 Å². The third-order valence-electron chi connectivity index (χ3n) is 3.38. The molecule has 0 aromatic heterocycles. The van der Waals surface area contributed by atoms with E-state index < -0.39 is 30.5 Å². The summed E-state index contributed by atoms with van der Waals surface area (Å²) in [5, 5.41) is 3.09. The second-order valence-corrected chi connectivity index (χ2v) is 6.54. The van der Waals surface area contributed by atoms with Crippen molar-refractivity contribution in [3.05, 3.63) is 28.8 Å². The van der Waals surface area contributed by atoms with E-state index in [4.69, 9.17) is 21.1 Å². The smallest absolute Gasteiger partial charge is 0.344 e. The number of nitrogens with one attached hydrogen (secondary N) is 1. The van der Waals surface area contributed by atoms with Crippen molar-refractivity contribution in [2.75, 3.05) is 20.3 Å². The van der Waals surface area contributed by atoms with Crippen LogP contribution < -0.4 is 10.1 Å². The van der Waals surface area contributed by atoms with Gasteiger partial charge in [-0.05, 0) is 43.0 Å². The third-order valence-corrected chi connectivity index (χ3v) is 3.80. The summed E-state index contributed by atoms with van der Waals surface area (Å²) < 4.78 is 14.8. The number of hydrogen-bond acceptors (Lipinski definition) is 6. The lowest BCUT2D eigenvalue weighted by Crippen LogP contribution is -2.44. The van der Waals surface area contributed by atoms with Crippen molar-refractivity contribution < 1.29 is 28.6 Å². The van der Waals surface area contributed by atoms with E-state index in [9.17, 15) is 14.4 Å². The van der Waals surface area contributed by atoms with Crippen LogP contribution >= 0.6 is 11.6 Å². The Labute approximate surface area is 157 Å². The number of amides is 1. The molecule has 0 aliphatic heterocycles. The normalized spacial score (nSPS) is 11.6. The van der Waals surface area contributed by atoms with Crippen LogP contribution in [-0.4, -0.2) is 44.2 Å². The number of aryl methyl sites for hydroxylation is 1. The number of ether oxygens (including phenoxy) is 3. The molecule has 1 aromatic carbocycles. The van der Waals surface area contributed by atoms with Crippen molar-refractivity contribution in [2.24, 2.45) is 5.92 Å². The van der Waals surface area contributed by atoms with Gasteiger partial charge in [-0.15, -0.1) is 0 Å². The zero-order valence-corrected chi connectivity index (χ0v) is 16.1. The number of esters is 2. The van der Waals surface area contributed by atoms with Gasteiger partial charge in [0.2, 0.25) is 0 Å². The highest BCUT2D eigenvalue weighted by Gasteiger charge is 2.23. The summed E-state index contributed by atoms with van der Waals surface area (Å²) >= 11 is 5.91. The van der Waals surface area contributed by atoms with Crippen LogP contribution in [0.4, 0.5) is 0 Å². The molecule has 0 heterocycles. The monoisotopic (exact) mass is 385 g/mol. The molecule has 1 amide bonds. The molecule has 1 atom stereocenters. The lowest BCUT2D eigenvalue weighted by atomic mass is 10.0. The van der Waals surface area contributed by atoms with Gasteiger partial charge in [0.15, 0.2) is 13.2 Å². The zero-order chi connectivity index (χ0) is 19.7. The number of methoxy groups -OCH3 is 1. The number of halogens is 1. The predicted octanol–water partition coefficient (Wildman–Crippen LogP) is 2.27. The van der Waals surface area contributed by atoms with Crippen molar-refractivity contribution >= 4 is 29.4 Å². The van der Waals surface area contributed by atoms with Gasteiger partial charge in [0, 0.05) is 5.02 Å². The molecule has 8 heteroatoms. The summed E-state index contributed by atoms with van der Waals surface area (Å²) in [4.78, 5) is 35.2. The molecule has 1 rings (SSSR count). The lowest BCUT2D eigenvalue weighted by molar-refractivity contribution is -0.151. The van der Waals surface area contributed by atoms with Crippen LogP contribution in [0, 0.1) is 12.8 Å². The molecule has 0 bridgehead atoms. The number of hydrogen-bond donors (Lipinski definition) is 1. The molecule has 0 aliphatic carbocycles. The first-order valence-corrected chi connectivity index (χ1v) is 8.52. The lowest BCUT2D eigenvalue weighted by Gasteiger charge is -2.18. The van der Waals surface area contributed by atoms with E-state index in [2.05, 4.69) is 10.1 Å². The molecule has 0 saturated carbocycles. The maximum absolute atomic E-state index is 11.9. The molecule has 0 radical (unpaired) electrons. The minimum absolute atomic E-state index is 0.179. The van der Waals surface area contributed by atoms with Gasteiger partial charge in [0.25, 0.3) is 5.91 Å². The van der Waals surface area contributed by atoms with E-state index >= 15 is 0 Å². The Morgan fingerprint density at radius 2 is 1.88 bits per heavy atom. The number of benzene rings is 1. The Kier molecular flexibility index (Phi) is 8.92. The molecular weight excluding hydrogens is 362 g/mol. The summed E-state index contributed by atoms with van der Waals surface area (Å²) in [6.45, 7) is 4.79. The van der Waals surface area contributed by atoms with Gasteiger partial charge in [0.05, 0.1) is 7.11 Å². The van der Waals surface area contributed by atoms with Gasteiger partial charge >= 0.3 is 11.9 Å². The van der Waals surface area contributed by atoms with Crippen LogP contribution in [0.25, 0.3) is 0 Å². The first kappa shape index (κ1) is 21.8. The SMILES string of the molecule is COC(=O)[C@@H](CC(C)C)NC(=O)COC(=O)COc1ccc(Cl)c(C)c1. The Balaban J connectivity index is 2.41. The summed E-state index contributed by atoms with van der Waals surface area (Å²) in [7, 11) is 1.25. The molecule has 0 spiro atoms. The highest BCUT2D eigenvalue weighted by Crippen LogP contribution is 2.20. The maximum atomic E-state index is 11.9. The highest BCUT2D eigenvalue weighted by molar-refractivity contribution is 6.31. The molecule has 144 valence electrons. The first-order valence-electron chi connectivity index (χ1n) is 8.14. The summed E-state index contributed by atoms with van der Waals surface area (Å²) in [5.41, 5.74) is 0.816. The molecule has 1 N–H and O–H groups in total. The second-order valence-electron chi connectivity index (χ2n) is 6.13. The molecule has 7 nitrogen and oxygen atoms in total. The Hall–Kier alpha value is -2.28. The topological polar surface area (TPSA) is 90.9 Å². The fourth-order valence-corrected chi connectivity index (χ4v) is 2.22. The summed E-state index contributed by atoms with van der Waals surface area (Å²) in [5.74, 6) is -1.18. The van der Waals surface area contributed by atoms with Gasteiger partial charge in [-0.1, -0.05) is 25.4 Å². The molecule has 0 fully saturated rings. The molecule has 0 aliphatic rings. The van der Waals surface area contributed by atoms with Gasteiger partial charge in [-0.25, -0.2) is 9.59 Å². The van der Waals surface area contributed by atoms with Gasteiger partial charge in [-0.2, -0.15) is 0 Å². The van der Waals surface area contributed by atoms with Crippen LogP contribution in [0.3, 0.4) is 0 Å². The van der Waals surface area contributed by atoms with Crippen molar-refractivity contribution in [2.45, 2.75) is 33.2 Å². The van der Waals surface area contributed by atoms with E-state index in [1.54, 1.807) is 18.2 Å². The van der Waals surface area contributed by atoms with Crippen molar-refractivity contribution in [3.63, 3.8) is 0 Å². The molecule has 0 saturated heterocycles. The summed E-state index contributed by atoms with van der Waals surface area (Å²) in [6, 6.07) is 4.20. The Bertz CT molecular complexity index is 647. The van der Waals surface area contributed by atoms with Crippen molar-refractivity contribution in [1.82, 2.24) is 5.32 Å². The van der Waals surface area contributed by atoms with E-state index in [1.807, 2.05) is 20.8 Å². The fourth-order valence-electron chi connectivity index (χ4n) is 2.10. The molecule has 26 heavy (non-hydrogen) atoms. The minimum atomic E-state index is -0.778. The van der Waals surface area contributed by atoms with Crippen LogP contribution in [0.1, 0.15) is 25.8 Å². The first-order chi connectivity index (χ1) is 12.2. The predicted molar refractivity (Wildman–Crippen MR) is 96.0 cm³/mol. The Morgan fingerprint density at radius 3 is 2.46 bits per heavy atom. The fraction of sp³-hybridized carbons (Fsp3) is 0.500. The largest absolute Gasteiger partial charge is 0.482 e. The molecular formula is C18H24ClNO6. The number of rotatable bonds is 9. The molecule has 0 unspecified atom stereocenters. The van der Waals surface area contributed by atoms with Crippen LogP contribution in [-0.2, 0) is 23.9 Å². The average molecular weight is 386 g/mol. The summed E-state index contributed by atoms with van der Waals surface area (Å²) in [6.07, 6.45) is 0.422. The van der Waals surface area contributed by atoms with Gasteiger partial charge in [-0.3, -0.25) is 4.79 Å². The van der Waals surface area contributed by atoms with E-state index in [0.29, 0.717) is 17.2 Å². The quantitative estimate of drug-likeness (QED) is 0.656. The van der Waals surface area contributed by atoms with Gasteiger partial charge in [0.1, 0.15) is 11.8 Å². The van der Waals surface area contributed by atoms with E-state index in [0.717, 1.165) is 5.56 Å².